The van der Waals surface area contributed by atoms with Gasteiger partial charge in [-0.2, -0.15) is 4.98 Å². The lowest BCUT2D eigenvalue weighted by Gasteiger charge is -2.18. The molecule has 0 bridgehead atoms. The van der Waals surface area contributed by atoms with E-state index in [9.17, 15) is 9.18 Å². The lowest BCUT2D eigenvalue weighted by molar-refractivity contribution is -0.122. The first-order valence-electron chi connectivity index (χ1n) is 8.71. The Labute approximate surface area is 147 Å². The molecule has 134 valence electrons. The highest BCUT2D eigenvalue weighted by Crippen LogP contribution is 2.41. The van der Waals surface area contributed by atoms with E-state index in [-0.39, 0.29) is 29.6 Å². The minimum Gasteiger partial charge on any atom is -0.349 e. The van der Waals surface area contributed by atoms with Crippen molar-refractivity contribution in [3.8, 4) is 0 Å². The maximum Gasteiger partial charge on any atom is 0.227 e. The summed E-state index contributed by atoms with van der Waals surface area (Å²) in [6, 6.07) is 6.30. The number of halogens is 1. The van der Waals surface area contributed by atoms with Gasteiger partial charge in [-0.15, -0.1) is 0 Å². The molecule has 0 aliphatic heterocycles. The molecule has 6 heteroatoms. The van der Waals surface area contributed by atoms with Crippen LogP contribution in [0.1, 0.15) is 63.4 Å². The summed E-state index contributed by atoms with van der Waals surface area (Å²) in [5.74, 6) is 1.23. The first-order valence-corrected chi connectivity index (χ1v) is 8.71. The highest BCUT2D eigenvalue weighted by molar-refractivity contribution is 5.76. The third-order valence-electron chi connectivity index (χ3n) is 4.34. The molecule has 5 nitrogen and oxygen atoms in total. The predicted octanol–water partition coefficient (Wildman–Crippen LogP) is 3.71. The van der Waals surface area contributed by atoms with Crippen LogP contribution in [-0.4, -0.2) is 16.0 Å². The lowest BCUT2D eigenvalue weighted by Crippen LogP contribution is -2.30. The van der Waals surface area contributed by atoms with Crippen molar-refractivity contribution in [3.63, 3.8) is 0 Å². The Morgan fingerprint density at radius 3 is 2.56 bits per heavy atom. The molecule has 1 atom stereocenters. The number of hydrogen-bond donors (Lipinski definition) is 1. The minimum atomic E-state index is -0.268. The molecular formula is C19H24FN3O2. The maximum absolute atomic E-state index is 13.1. The molecule has 1 aliphatic carbocycles. The van der Waals surface area contributed by atoms with Crippen molar-refractivity contribution in [2.75, 3.05) is 0 Å². The van der Waals surface area contributed by atoms with Gasteiger partial charge in [0, 0.05) is 18.3 Å². The van der Waals surface area contributed by atoms with Crippen LogP contribution in [0.5, 0.6) is 0 Å². The van der Waals surface area contributed by atoms with Gasteiger partial charge in [-0.05, 0) is 36.5 Å². The van der Waals surface area contributed by atoms with Gasteiger partial charge in [-0.25, -0.2) is 4.39 Å². The zero-order valence-corrected chi connectivity index (χ0v) is 14.9. The number of nitrogens with zero attached hydrogens (tertiary/aromatic N) is 2. The van der Waals surface area contributed by atoms with E-state index in [0.717, 1.165) is 18.4 Å². The molecule has 1 aliphatic rings. The SMILES string of the molecule is CC(C)(C)c1noc(CCC(=O)N[C@H](c2ccc(F)cc2)C2CC2)n1. The largest absolute Gasteiger partial charge is 0.349 e. The van der Waals surface area contributed by atoms with Crippen LogP contribution >= 0.6 is 0 Å². The molecule has 25 heavy (non-hydrogen) atoms. The number of amides is 1. The average Bonchev–Trinajstić information content (AvgIpc) is 3.27. The molecular weight excluding hydrogens is 321 g/mol. The fourth-order valence-electron chi connectivity index (χ4n) is 2.70. The zero-order chi connectivity index (χ0) is 18.0. The Morgan fingerprint density at radius 1 is 1.32 bits per heavy atom. The Hall–Kier alpha value is -2.24. The Bertz CT molecular complexity index is 730. The molecule has 0 saturated heterocycles. The number of hydrogen-bond acceptors (Lipinski definition) is 4. The summed E-state index contributed by atoms with van der Waals surface area (Å²) in [5.41, 5.74) is 0.772. The molecule has 2 aromatic rings. The molecule has 3 rings (SSSR count). The number of aromatic nitrogens is 2. The van der Waals surface area contributed by atoms with Crippen LogP contribution in [0.25, 0.3) is 0 Å². The van der Waals surface area contributed by atoms with Gasteiger partial charge in [0.05, 0.1) is 6.04 Å². The topological polar surface area (TPSA) is 68.0 Å². The van der Waals surface area contributed by atoms with Gasteiger partial charge in [0.25, 0.3) is 0 Å². The number of carbonyl (C=O) groups excluding carboxylic acids is 1. The van der Waals surface area contributed by atoms with Gasteiger partial charge >= 0.3 is 0 Å². The number of carbonyl (C=O) groups is 1. The Morgan fingerprint density at radius 2 is 2.00 bits per heavy atom. The monoisotopic (exact) mass is 345 g/mol. The van der Waals surface area contributed by atoms with Crippen LogP contribution in [0, 0.1) is 11.7 Å². The van der Waals surface area contributed by atoms with Crippen molar-refractivity contribution >= 4 is 5.91 Å². The van der Waals surface area contributed by atoms with Crippen molar-refractivity contribution in [2.24, 2.45) is 5.92 Å². The second-order valence-corrected chi connectivity index (χ2v) is 7.70. The minimum absolute atomic E-state index is 0.0547. The molecule has 0 radical (unpaired) electrons. The summed E-state index contributed by atoms with van der Waals surface area (Å²) in [4.78, 5) is 16.7. The first-order chi connectivity index (χ1) is 11.8. The fourth-order valence-corrected chi connectivity index (χ4v) is 2.70. The summed E-state index contributed by atoms with van der Waals surface area (Å²) >= 11 is 0. The van der Waals surface area contributed by atoms with Crippen LogP contribution in [-0.2, 0) is 16.6 Å². The van der Waals surface area contributed by atoms with Crippen LogP contribution in [0.4, 0.5) is 4.39 Å². The fraction of sp³-hybridized carbons (Fsp3) is 0.526. The molecule has 1 aromatic heterocycles. The molecule has 1 heterocycles. The second-order valence-electron chi connectivity index (χ2n) is 7.70. The maximum atomic E-state index is 13.1. The van der Waals surface area contributed by atoms with Gasteiger partial charge in [-0.3, -0.25) is 4.79 Å². The number of rotatable bonds is 6. The van der Waals surface area contributed by atoms with Crippen molar-refractivity contribution in [1.29, 1.82) is 0 Å². The summed E-state index contributed by atoms with van der Waals surface area (Å²) in [5, 5.41) is 7.04. The third-order valence-corrected chi connectivity index (χ3v) is 4.34. The van der Waals surface area contributed by atoms with Crippen LogP contribution in [0.15, 0.2) is 28.8 Å². The van der Waals surface area contributed by atoms with E-state index in [2.05, 4.69) is 15.5 Å². The average molecular weight is 345 g/mol. The van der Waals surface area contributed by atoms with Gasteiger partial charge in [0.2, 0.25) is 11.8 Å². The van der Waals surface area contributed by atoms with E-state index in [1.165, 1.54) is 12.1 Å². The molecule has 1 fully saturated rings. The summed E-state index contributed by atoms with van der Waals surface area (Å²) < 4.78 is 18.3. The van der Waals surface area contributed by atoms with Crippen LogP contribution < -0.4 is 5.32 Å². The third kappa shape index (κ3) is 4.65. The smallest absolute Gasteiger partial charge is 0.227 e. The Kier molecular flexibility index (Phi) is 4.88. The summed E-state index contributed by atoms with van der Waals surface area (Å²) in [7, 11) is 0. The van der Waals surface area contributed by atoms with E-state index in [1.54, 1.807) is 12.1 Å². The van der Waals surface area contributed by atoms with Crippen molar-refractivity contribution in [2.45, 2.75) is 57.9 Å². The van der Waals surface area contributed by atoms with E-state index in [4.69, 9.17) is 4.52 Å². The molecule has 1 saturated carbocycles. The van der Waals surface area contributed by atoms with Crippen molar-refractivity contribution < 1.29 is 13.7 Å². The van der Waals surface area contributed by atoms with Crippen LogP contribution in [0.3, 0.4) is 0 Å². The normalized spacial score (nSPS) is 15.8. The molecule has 0 unspecified atom stereocenters. The highest BCUT2D eigenvalue weighted by Gasteiger charge is 2.33. The molecule has 0 spiro atoms. The summed E-state index contributed by atoms with van der Waals surface area (Å²) in [6.07, 6.45) is 2.87. The van der Waals surface area contributed by atoms with E-state index in [0.29, 0.717) is 24.1 Å². The number of nitrogens with one attached hydrogen (secondary N) is 1. The van der Waals surface area contributed by atoms with Gasteiger partial charge in [0.15, 0.2) is 5.82 Å². The van der Waals surface area contributed by atoms with Gasteiger partial charge in [-0.1, -0.05) is 38.1 Å². The quantitative estimate of drug-likeness (QED) is 0.867. The Balaban J connectivity index is 1.57. The summed E-state index contributed by atoms with van der Waals surface area (Å²) in [6.45, 7) is 6.03. The molecule has 1 amide bonds. The lowest BCUT2D eigenvalue weighted by atomic mass is 9.96. The van der Waals surface area contributed by atoms with Crippen molar-refractivity contribution in [3.05, 3.63) is 47.4 Å². The van der Waals surface area contributed by atoms with E-state index < -0.39 is 0 Å². The number of aryl methyl sites for hydroxylation is 1. The zero-order valence-electron chi connectivity index (χ0n) is 14.9. The van der Waals surface area contributed by atoms with Crippen molar-refractivity contribution in [1.82, 2.24) is 15.5 Å². The van der Waals surface area contributed by atoms with E-state index >= 15 is 0 Å². The predicted molar refractivity (Wildman–Crippen MR) is 91.3 cm³/mol. The number of benzene rings is 1. The molecule has 1 N–H and O–H groups in total. The van der Waals surface area contributed by atoms with Gasteiger partial charge in [0.1, 0.15) is 5.82 Å². The first kappa shape index (κ1) is 17.6. The second kappa shape index (κ2) is 6.94. The highest BCUT2D eigenvalue weighted by atomic mass is 19.1. The molecule has 1 aromatic carbocycles. The van der Waals surface area contributed by atoms with Crippen LogP contribution in [0.2, 0.25) is 0 Å². The van der Waals surface area contributed by atoms with Gasteiger partial charge < -0.3 is 9.84 Å². The standard InChI is InChI=1S/C19H24FN3O2/c1-19(2,3)18-22-16(25-23-18)11-10-15(24)21-17(12-4-5-12)13-6-8-14(20)9-7-13/h6-9,12,17H,4-5,10-11H2,1-3H3,(H,21,24)/t17-/m0/s1. The van der Waals surface area contributed by atoms with E-state index in [1.807, 2.05) is 20.8 Å².